The fourth-order valence-electron chi connectivity index (χ4n) is 6.90. The Morgan fingerprint density at radius 2 is 1.70 bits per heavy atom. The van der Waals surface area contributed by atoms with Gasteiger partial charge in [-0.3, -0.25) is 0 Å². The van der Waals surface area contributed by atoms with E-state index in [-0.39, 0.29) is 0 Å². The Hall–Kier alpha value is -1.60. The van der Waals surface area contributed by atoms with Crippen LogP contribution in [0.15, 0.2) is 54.6 Å². The van der Waals surface area contributed by atoms with Crippen LogP contribution in [0.5, 0.6) is 0 Å². The average Bonchev–Trinajstić information content (AvgIpc) is 3.13. The molecule has 0 unspecified atom stereocenters. The maximum atomic E-state index is 6.35. The van der Waals surface area contributed by atoms with Crippen molar-refractivity contribution in [3.8, 4) is 0 Å². The third kappa shape index (κ3) is 2.86. The van der Waals surface area contributed by atoms with E-state index in [1.165, 1.54) is 50.5 Å². The summed E-state index contributed by atoms with van der Waals surface area (Å²) in [5.74, 6) is 1.68. The van der Waals surface area contributed by atoms with Crippen LogP contribution in [0, 0.1) is 17.3 Å². The van der Waals surface area contributed by atoms with Crippen LogP contribution in [0.2, 0.25) is 0 Å². The van der Waals surface area contributed by atoms with E-state index in [4.69, 9.17) is 4.74 Å². The molecule has 0 spiro atoms. The third-order valence-corrected chi connectivity index (χ3v) is 8.28. The molecule has 3 aliphatic rings. The normalized spacial score (nSPS) is 34.6. The Morgan fingerprint density at radius 1 is 0.889 bits per heavy atom. The predicted molar refractivity (Wildman–Crippen MR) is 111 cm³/mol. The average molecular weight is 361 g/mol. The van der Waals surface area contributed by atoms with Gasteiger partial charge in [-0.25, -0.2) is 0 Å². The summed E-state index contributed by atoms with van der Waals surface area (Å²) in [7, 11) is 0. The van der Waals surface area contributed by atoms with Gasteiger partial charge in [-0.05, 0) is 77.9 Å². The van der Waals surface area contributed by atoms with E-state index in [0.717, 1.165) is 25.0 Å². The first-order valence-corrected chi connectivity index (χ1v) is 10.9. The molecule has 2 saturated carbocycles. The first kappa shape index (κ1) is 17.5. The van der Waals surface area contributed by atoms with Crippen molar-refractivity contribution in [2.45, 2.75) is 63.9 Å². The highest BCUT2D eigenvalue weighted by molar-refractivity contribution is 5.38. The molecule has 2 aromatic carbocycles. The molecule has 2 aromatic rings. The summed E-state index contributed by atoms with van der Waals surface area (Å²) in [4.78, 5) is 0. The fraction of sp³-hybridized carbons (Fsp3) is 0.538. The van der Waals surface area contributed by atoms with Crippen molar-refractivity contribution in [2.75, 3.05) is 6.61 Å². The smallest absolute Gasteiger partial charge is 0.0717 e. The molecular weight excluding hydrogens is 328 g/mol. The Bertz CT molecular complexity index is 797. The van der Waals surface area contributed by atoms with Crippen molar-refractivity contribution in [2.24, 2.45) is 17.3 Å². The van der Waals surface area contributed by atoms with E-state index in [1.807, 2.05) is 0 Å². The summed E-state index contributed by atoms with van der Waals surface area (Å²) in [6, 6.07) is 19.9. The summed E-state index contributed by atoms with van der Waals surface area (Å²) in [6.07, 6.45) is 9.51. The van der Waals surface area contributed by atoms with Crippen LogP contribution in [0.25, 0.3) is 0 Å². The van der Waals surface area contributed by atoms with Crippen LogP contribution >= 0.6 is 0 Å². The molecule has 0 amide bonds. The van der Waals surface area contributed by atoms with E-state index < -0.39 is 0 Å². The van der Waals surface area contributed by atoms with Gasteiger partial charge in [-0.15, -0.1) is 0 Å². The lowest BCUT2D eigenvalue weighted by molar-refractivity contribution is -0.0610. The zero-order valence-corrected chi connectivity index (χ0v) is 16.6. The monoisotopic (exact) mass is 360 g/mol. The molecule has 0 radical (unpaired) electrons. The molecule has 4 atom stereocenters. The summed E-state index contributed by atoms with van der Waals surface area (Å²) in [5, 5.41) is 0. The molecule has 1 nitrogen and oxygen atoms in total. The van der Waals surface area contributed by atoms with Crippen molar-refractivity contribution in [3.05, 3.63) is 71.3 Å². The number of hydrogen-bond acceptors (Lipinski definition) is 1. The Kier molecular flexibility index (Phi) is 4.39. The van der Waals surface area contributed by atoms with Crippen molar-refractivity contribution in [1.82, 2.24) is 0 Å². The molecule has 1 heteroatoms. The first-order chi connectivity index (χ1) is 13.2. The molecule has 0 N–H and O–H groups in total. The van der Waals surface area contributed by atoms with E-state index in [1.54, 1.807) is 11.1 Å². The number of ether oxygens (including phenoxy) is 1. The quantitative estimate of drug-likeness (QED) is 0.621. The minimum absolute atomic E-state index is 0.382. The van der Waals surface area contributed by atoms with Gasteiger partial charge in [0.1, 0.15) is 0 Å². The van der Waals surface area contributed by atoms with Crippen LogP contribution in [-0.4, -0.2) is 6.61 Å². The SMILES string of the molecule is C[C@]12CC[C@]3(COCc4ccccc4)CCC[C@H]3[C@@H]1CCc1ccccc12. The fourth-order valence-corrected chi connectivity index (χ4v) is 6.90. The first-order valence-electron chi connectivity index (χ1n) is 10.9. The summed E-state index contributed by atoms with van der Waals surface area (Å²) in [5.41, 5.74) is 5.39. The van der Waals surface area contributed by atoms with Gasteiger partial charge in [0.25, 0.3) is 0 Å². The molecule has 142 valence electrons. The molecule has 27 heavy (non-hydrogen) atoms. The van der Waals surface area contributed by atoms with Crippen molar-refractivity contribution < 1.29 is 4.74 Å². The molecule has 0 bridgehead atoms. The summed E-state index contributed by atoms with van der Waals surface area (Å²) >= 11 is 0. The molecule has 0 aliphatic heterocycles. The second-order valence-electron chi connectivity index (χ2n) is 9.56. The molecule has 0 heterocycles. The summed E-state index contributed by atoms with van der Waals surface area (Å²) in [6.45, 7) is 4.30. The van der Waals surface area contributed by atoms with Crippen LogP contribution in [0.4, 0.5) is 0 Å². The van der Waals surface area contributed by atoms with Gasteiger partial charge >= 0.3 is 0 Å². The van der Waals surface area contributed by atoms with Gasteiger partial charge in [0.2, 0.25) is 0 Å². The van der Waals surface area contributed by atoms with E-state index in [2.05, 4.69) is 61.5 Å². The lowest BCUT2D eigenvalue weighted by atomic mass is 9.49. The van der Waals surface area contributed by atoms with Gasteiger partial charge < -0.3 is 4.74 Å². The number of benzene rings is 2. The topological polar surface area (TPSA) is 9.23 Å². The van der Waals surface area contributed by atoms with Crippen molar-refractivity contribution in [1.29, 1.82) is 0 Å². The van der Waals surface area contributed by atoms with Gasteiger partial charge in [0.15, 0.2) is 0 Å². The van der Waals surface area contributed by atoms with Crippen LogP contribution in [-0.2, 0) is 23.2 Å². The number of aryl methyl sites for hydroxylation is 1. The van der Waals surface area contributed by atoms with E-state index in [0.29, 0.717) is 10.8 Å². The van der Waals surface area contributed by atoms with Crippen LogP contribution < -0.4 is 0 Å². The van der Waals surface area contributed by atoms with E-state index in [9.17, 15) is 0 Å². The number of hydrogen-bond donors (Lipinski definition) is 0. The number of fused-ring (bicyclic) bond motifs is 5. The zero-order chi connectivity index (χ0) is 18.3. The van der Waals surface area contributed by atoms with Crippen molar-refractivity contribution in [3.63, 3.8) is 0 Å². The molecule has 5 rings (SSSR count). The van der Waals surface area contributed by atoms with Gasteiger partial charge in [0, 0.05) is 0 Å². The highest BCUT2D eigenvalue weighted by Gasteiger charge is 2.57. The molecule has 0 saturated heterocycles. The van der Waals surface area contributed by atoms with Gasteiger partial charge in [-0.1, -0.05) is 67.9 Å². The highest BCUT2D eigenvalue weighted by Crippen LogP contribution is 2.63. The zero-order valence-electron chi connectivity index (χ0n) is 16.6. The molecular formula is C26H32O. The van der Waals surface area contributed by atoms with Crippen LogP contribution in [0.3, 0.4) is 0 Å². The maximum Gasteiger partial charge on any atom is 0.0717 e. The minimum Gasteiger partial charge on any atom is -0.376 e. The summed E-state index contributed by atoms with van der Waals surface area (Å²) < 4.78 is 6.35. The van der Waals surface area contributed by atoms with E-state index >= 15 is 0 Å². The third-order valence-electron chi connectivity index (χ3n) is 8.28. The molecule has 0 aromatic heterocycles. The maximum absolute atomic E-state index is 6.35. The molecule has 3 aliphatic carbocycles. The standard InChI is InChI=1S/C26H32O/c1-25-16-17-26(19-27-18-20-8-3-2-4-9-20)15-7-12-24(26)23(25)14-13-21-10-5-6-11-22(21)25/h2-6,8-11,23-24H,7,12-19H2,1H3/t23-,24-,25+,26-/m0/s1. The van der Waals surface area contributed by atoms with Gasteiger partial charge in [0.05, 0.1) is 13.2 Å². The van der Waals surface area contributed by atoms with Crippen LogP contribution in [0.1, 0.15) is 62.1 Å². The Morgan fingerprint density at radius 3 is 2.59 bits per heavy atom. The predicted octanol–water partition coefficient (Wildman–Crippen LogP) is 6.30. The Labute approximate surface area is 164 Å². The number of rotatable bonds is 4. The molecule has 2 fully saturated rings. The second-order valence-corrected chi connectivity index (χ2v) is 9.56. The van der Waals surface area contributed by atoms with Gasteiger partial charge in [-0.2, -0.15) is 0 Å². The minimum atomic E-state index is 0.382. The lowest BCUT2D eigenvalue weighted by Gasteiger charge is -2.56. The largest absolute Gasteiger partial charge is 0.376 e. The second kappa shape index (κ2) is 6.78. The van der Waals surface area contributed by atoms with Crippen molar-refractivity contribution >= 4 is 0 Å². The lowest BCUT2D eigenvalue weighted by Crippen LogP contribution is -2.51. The highest BCUT2D eigenvalue weighted by atomic mass is 16.5. The Balaban J connectivity index is 1.36.